The molecule has 2 aromatic heterocycles. The highest BCUT2D eigenvalue weighted by atomic mass is 16.6. The number of hydrogen-bond acceptors (Lipinski definition) is 4. The van der Waals surface area contributed by atoms with Crippen molar-refractivity contribution in [3.63, 3.8) is 0 Å². The van der Waals surface area contributed by atoms with Crippen LogP contribution in [-0.2, 0) is 7.05 Å². The molecule has 0 unspecified atom stereocenters. The van der Waals surface area contributed by atoms with Gasteiger partial charge in [-0.3, -0.25) is 14.9 Å². The highest BCUT2D eigenvalue weighted by Gasteiger charge is 2.20. The Morgan fingerprint density at radius 3 is 2.67 bits per heavy atom. The van der Waals surface area contributed by atoms with E-state index in [1.165, 1.54) is 16.8 Å². The van der Waals surface area contributed by atoms with Crippen molar-refractivity contribution in [1.82, 2.24) is 19.7 Å². The Kier molecular flexibility index (Phi) is 5.07. The molecule has 0 fully saturated rings. The molecule has 0 aliphatic carbocycles. The number of rotatable bonds is 6. The lowest BCUT2D eigenvalue weighted by molar-refractivity contribution is -0.384. The molecular weight excluding hydrogens is 346 g/mol. The van der Waals surface area contributed by atoms with Crippen LogP contribution < -0.4 is 5.32 Å². The second-order valence-electron chi connectivity index (χ2n) is 6.71. The zero-order chi connectivity index (χ0) is 19.6. The summed E-state index contributed by atoms with van der Waals surface area (Å²) in [6, 6.07) is 11.6. The van der Waals surface area contributed by atoms with Gasteiger partial charge in [-0.05, 0) is 30.2 Å². The van der Waals surface area contributed by atoms with Crippen LogP contribution in [0.1, 0.15) is 24.3 Å². The maximum absolute atomic E-state index is 12.7. The van der Waals surface area contributed by atoms with Crippen molar-refractivity contribution in [2.75, 3.05) is 6.54 Å². The summed E-state index contributed by atoms with van der Waals surface area (Å²) in [5, 5.41) is 18.5. The van der Waals surface area contributed by atoms with Gasteiger partial charge in [0.25, 0.3) is 11.6 Å². The molecule has 0 spiro atoms. The number of carbonyl (C=O) groups excluding carboxylic acids is 1. The summed E-state index contributed by atoms with van der Waals surface area (Å²) in [4.78, 5) is 23.4. The fourth-order valence-corrected chi connectivity index (χ4v) is 2.72. The van der Waals surface area contributed by atoms with Gasteiger partial charge >= 0.3 is 0 Å². The van der Waals surface area contributed by atoms with Gasteiger partial charge in [0, 0.05) is 31.9 Å². The van der Waals surface area contributed by atoms with Gasteiger partial charge in [-0.25, -0.2) is 4.68 Å². The van der Waals surface area contributed by atoms with Crippen LogP contribution in [0.5, 0.6) is 0 Å². The van der Waals surface area contributed by atoms with E-state index in [4.69, 9.17) is 0 Å². The van der Waals surface area contributed by atoms with E-state index in [0.717, 1.165) is 5.69 Å². The monoisotopic (exact) mass is 367 g/mol. The SMILES string of the molecule is CC(C)CNC(=O)c1cc(-c2cccn2C)nn1-c1cccc([N+](=O)[O-])c1. The summed E-state index contributed by atoms with van der Waals surface area (Å²) >= 11 is 0. The van der Waals surface area contributed by atoms with Crippen LogP contribution in [0.2, 0.25) is 0 Å². The highest BCUT2D eigenvalue weighted by molar-refractivity contribution is 5.94. The molecule has 0 aliphatic heterocycles. The third-order valence-electron chi connectivity index (χ3n) is 4.10. The fourth-order valence-electron chi connectivity index (χ4n) is 2.72. The average molecular weight is 367 g/mol. The molecule has 0 saturated heterocycles. The zero-order valence-electron chi connectivity index (χ0n) is 15.4. The van der Waals surface area contributed by atoms with Crippen LogP contribution in [0.25, 0.3) is 17.1 Å². The van der Waals surface area contributed by atoms with E-state index in [2.05, 4.69) is 10.4 Å². The first-order chi connectivity index (χ1) is 12.9. The lowest BCUT2D eigenvalue weighted by Gasteiger charge is -2.09. The molecule has 0 atom stereocenters. The molecule has 140 valence electrons. The molecular formula is C19H21N5O3. The molecule has 0 saturated carbocycles. The number of carbonyl (C=O) groups is 1. The number of nitro groups is 1. The second kappa shape index (κ2) is 7.45. The van der Waals surface area contributed by atoms with Crippen LogP contribution in [-0.4, -0.2) is 31.7 Å². The van der Waals surface area contributed by atoms with Gasteiger partial charge in [0.1, 0.15) is 11.4 Å². The summed E-state index contributed by atoms with van der Waals surface area (Å²) in [5.74, 6) is 0.0265. The molecule has 8 nitrogen and oxygen atoms in total. The first-order valence-corrected chi connectivity index (χ1v) is 8.61. The molecule has 0 radical (unpaired) electrons. The Hall–Kier alpha value is -3.42. The molecule has 1 aromatic carbocycles. The van der Waals surface area contributed by atoms with Crippen molar-refractivity contribution in [2.24, 2.45) is 13.0 Å². The Balaban J connectivity index is 2.09. The Morgan fingerprint density at radius 2 is 2.04 bits per heavy atom. The van der Waals surface area contributed by atoms with Gasteiger partial charge in [0.2, 0.25) is 0 Å². The number of aromatic nitrogens is 3. The molecule has 1 amide bonds. The number of non-ortho nitro benzene ring substituents is 1. The number of amides is 1. The number of aryl methyl sites for hydroxylation is 1. The lowest BCUT2D eigenvalue weighted by Crippen LogP contribution is -2.29. The summed E-state index contributed by atoms with van der Waals surface area (Å²) in [7, 11) is 1.89. The van der Waals surface area contributed by atoms with Crippen molar-refractivity contribution in [1.29, 1.82) is 0 Å². The van der Waals surface area contributed by atoms with Gasteiger partial charge in [0.05, 0.1) is 16.3 Å². The molecule has 3 rings (SSSR count). The summed E-state index contributed by atoms with van der Waals surface area (Å²) in [5.41, 5.74) is 2.18. The van der Waals surface area contributed by atoms with Crippen molar-refractivity contribution in [3.05, 3.63) is 64.5 Å². The summed E-state index contributed by atoms with van der Waals surface area (Å²) in [6.45, 7) is 4.54. The Labute approximate surface area is 156 Å². The average Bonchev–Trinajstić information content (AvgIpc) is 3.25. The van der Waals surface area contributed by atoms with Crippen LogP contribution in [0.3, 0.4) is 0 Å². The van der Waals surface area contributed by atoms with E-state index >= 15 is 0 Å². The minimum atomic E-state index is -0.469. The zero-order valence-corrected chi connectivity index (χ0v) is 15.4. The van der Waals surface area contributed by atoms with E-state index in [9.17, 15) is 14.9 Å². The van der Waals surface area contributed by atoms with E-state index in [0.29, 0.717) is 29.5 Å². The van der Waals surface area contributed by atoms with Crippen LogP contribution in [0.15, 0.2) is 48.7 Å². The third kappa shape index (κ3) is 3.89. The first-order valence-electron chi connectivity index (χ1n) is 8.61. The number of hydrogen-bond donors (Lipinski definition) is 1. The van der Waals surface area contributed by atoms with Crippen molar-refractivity contribution in [3.8, 4) is 17.1 Å². The van der Waals surface area contributed by atoms with Crippen LogP contribution in [0.4, 0.5) is 5.69 Å². The van der Waals surface area contributed by atoms with Crippen LogP contribution in [0, 0.1) is 16.0 Å². The summed E-state index contributed by atoms with van der Waals surface area (Å²) < 4.78 is 3.35. The second-order valence-corrected chi connectivity index (χ2v) is 6.71. The maximum atomic E-state index is 12.7. The fraction of sp³-hybridized carbons (Fsp3) is 0.263. The molecule has 3 aromatic rings. The van der Waals surface area contributed by atoms with Gasteiger partial charge in [-0.15, -0.1) is 0 Å². The normalized spacial score (nSPS) is 11.0. The number of nitrogens with one attached hydrogen (secondary N) is 1. The van der Waals surface area contributed by atoms with Gasteiger partial charge in [-0.1, -0.05) is 19.9 Å². The van der Waals surface area contributed by atoms with E-state index in [-0.39, 0.29) is 11.6 Å². The minimum absolute atomic E-state index is 0.0584. The molecule has 2 heterocycles. The predicted octanol–water partition coefficient (Wildman–Crippen LogP) is 3.17. The molecule has 1 N–H and O–H groups in total. The number of nitro benzene ring substituents is 1. The third-order valence-corrected chi connectivity index (χ3v) is 4.10. The Morgan fingerprint density at radius 1 is 1.26 bits per heavy atom. The van der Waals surface area contributed by atoms with Gasteiger partial charge in [-0.2, -0.15) is 5.10 Å². The van der Waals surface area contributed by atoms with E-state index in [1.807, 2.05) is 43.8 Å². The van der Waals surface area contributed by atoms with Gasteiger partial charge < -0.3 is 9.88 Å². The standard InChI is InChI=1S/C19H21N5O3/c1-13(2)12-20-19(25)18-11-16(17-8-5-9-22(17)3)21-23(18)14-6-4-7-15(10-14)24(26)27/h4-11,13H,12H2,1-3H3,(H,20,25). The molecule has 8 heteroatoms. The molecule has 27 heavy (non-hydrogen) atoms. The molecule has 0 aliphatic rings. The first kappa shape index (κ1) is 18.4. The lowest BCUT2D eigenvalue weighted by atomic mass is 10.2. The molecule has 0 bridgehead atoms. The van der Waals surface area contributed by atoms with E-state index in [1.54, 1.807) is 18.2 Å². The quantitative estimate of drug-likeness (QED) is 0.535. The number of nitrogens with zero attached hydrogens (tertiary/aromatic N) is 4. The van der Waals surface area contributed by atoms with Crippen molar-refractivity contribution in [2.45, 2.75) is 13.8 Å². The minimum Gasteiger partial charge on any atom is -0.350 e. The van der Waals surface area contributed by atoms with Gasteiger partial charge in [0.15, 0.2) is 0 Å². The highest BCUT2D eigenvalue weighted by Crippen LogP contribution is 2.24. The van der Waals surface area contributed by atoms with Crippen molar-refractivity contribution >= 4 is 11.6 Å². The largest absolute Gasteiger partial charge is 0.350 e. The topological polar surface area (TPSA) is 95.0 Å². The number of benzene rings is 1. The Bertz CT molecular complexity index is 987. The predicted molar refractivity (Wildman–Crippen MR) is 102 cm³/mol. The maximum Gasteiger partial charge on any atom is 0.271 e. The van der Waals surface area contributed by atoms with E-state index < -0.39 is 4.92 Å². The van der Waals surface area contributed by atoms with Crippen LogP contribution >= 0.6 is 0 Å². The van der Waals surface area contributed by atoms with Crippen molar-refractivity contribution < 1.29 is 9.72 Å². The summed E-state index contributed by atoms with van der Waals surface area (Å²) in [6.07, 6.45) is 1.89. The smallest absolute Gasteiger partial charge is 0.271 e.